The van der Waals surface area contributed by atoms with Crippen molar-refractivity contribution in [2.75, 3.05) is 13.2 Å². The number of aromatic nitrogens is 2. The van der Waals surface area contributed by atoms with Crippen LogP contribution in [0.5, 0.6) is 0 Å². The lowest BCUT2D eigenvalue weighted by atomic mass is 10.0. The number of nitrogens with zero attached hydrogens (tertiary/aromatic N) is 2. The number of rotatable bonds is 2. The maximum atomic E-state index is 5.21. The van der Waals surface area contributed by atoms with Crippen LogP contribution in [0.25, 0.3) is 10.9 Å². The molecule has 0 spiro atoms. The summed E-state index contributed by atoms with van der Waals surface area (Å²) in [6, 6.07) is 7.05. The van der Waals surface area contributed by atoms with E-state index in [-0.39, 0.29) is 0 Å². The van der Waals surface area contributed by atoms with Crippen LogP contribution in [0.2, 0.25) is 0 Å². The molecule has 0 atom stereocenters. The van der Waals surface area contributed by atoms with Gasteiger partial charge < -0.3 is 4.74 Å². The summed E-state index contributed by atoms with van der Waals surface area (Å²) in [4.78, 5) is 0. The topological polar surface area (TPSA) is 27.1 Å². The van der Waals surface area contributed by atoms with E-state index in [1.54, 1.807) is 0 Å². The first-order valence-corrected chi connectivity index (χ1v) is 5.80. The average Bonchev–Trinajstić information content (AvgIpc) is 2.59. The third kappa shape index (κ3) is 1.43. The summed E-state index contributed by atoms with van der Waals surface area (Å²) in [6.45, 7) is 6.02. The molecule has 3 nitrogen and oxygen atoms in total. The van der Waals surface area contributed by atoms with E-state index >= 15 is 0 Å². The molecule has 1 aliphatic heterocycles. The average molecular weight is 216 g/mol. The van der Waals surface area contributed by atoms with Gasteiger partial charge in [-0.2, -0.15) is 5.10 Å². The van der Waals surface area contributed by atoms with Crippen LogP contribution in [0.4, 0.5) is 0 Å². The predicted molar refractivity (Wildman–Crippen MR) is 63.7 cm³/mol. The molecule has 2 aromatic rings. The Morgan fingerprint density at radius 1 is 1.38 bits per heavy atom. The van der Waals surface area contributed by atoms with Crippen molar-refractivity contribution in [2.24, 2.45) is 0 Å². The van der Waals surface area contributed by atoms with Gasteiger partial charge in [-0.1, -0.05) is 19.9 Å². The van der Waals surface area contributed by atoms with Crippen molar-refractivity contribution in [1.82, 2.24) is 9.78 Å². The third-order valence-corrected chi connectivity index (χ3v) is 3.25. The Bertz CT molecular complexity index is 512. The minimum atomic E-state index is 0.433. The highest BCUT2D eigenvalue weighted by atomic mass is 16.5. The van der Waals surface area contributed by atoms with E-state index in [2.05, 4.69) is 41.8 Å². The second kappa shape index (κ2) is 3.59. The Morgan fingerprint density at radius 2 is 2.19 bits per heavy atom. The van der Waals surface area contributed by atoms with Gasteiger partial charge >= 0.3 is 0 Å². The Labute approximate surface area is 95.0 Å². The van der Waals surface area contributed by atoms with Crippen LogP contribution in [0.1, 0.15) is 31.4 Å². The van der Waals surface area contributed by atoms with Crippen LogP contribution < -0.4 is 0 Å². The fourth-order valence-corrected chi connectivity index (χ4v) is 2.09. The van der Waals surface area contributed by atoms with Gasteiger partial charge in [0.25, 0.3) is 0 Å². The summed E-state index contributed by atoms with van der Waals surface area (Å²) in [5.41, 5.74) is 2.59. The highest BCUT2D eigenvalue weighted by molar-refractivity contribution is 5.79. The standard InChI is InChI=1S/C13H16N2O/c1-9(2)10-3-4-13-11(5-10)6-14-15(13)12-7-16-8-12/h3-6,9,12H,7-8H2,1-2H3. The Morgan fingerprint density at radius 3 is 2.81 bits per heavy atom. The van der Waals surface area contributed by atoms with Gasteiger partial charge in [-0.15, -0.1) is 0 Å². The molecule has 0 amide bonds. The maximum absolute atomic E-state index is 5.21. The summed E-state index contributed by atoms with van der Waals surface area (Å²) in [6.07, 6.45) is 1.96. The second-order valence-corrected chi connectivity index (χ2v) is 4.75. The molecule has 16 heavy (non-hydrogen) atoms. The van der Waals surface area contributed by atoms with Gasteiger partial charge in [0.05, 0.1) is 31.0 Å². The molecular weight excluding hydrogens is 200 g/mol. The van der Waals surface area contributed by atoms with Gasteiger partial charge in [0.2, 0.25) is 0 Å². The lowest BCUT2D eigenvalue weighted by Crippen LogP contribution is -2.31. The van der Waals surface area contributed by atoms with Crippen molar-refractivity contribution in [2.45, 2.75) is 25.8 Å². The molecule has 0 saturated carbocycles. The summed E-state index contributed by atoms with van der Waals surface area (Å²) < 4.78 is 7.29. The normalized spacial score (nSPS) is 16.9. The van der Waals surface area contributed by atoms with Crippen LogP contribution in [0.3, 0.4) is 0 Å². The third-order valence-electron chi connectivity index (χ3n) is 3.25. The SMILES string of the molecule is CC(C)c1ccc2c(cnn2C2COC2)c1. The minimum Gasteiger partial charge on any atom is -0.377 e. The van der Waals surface area contributed by atoms with Crippen molar-refractivity contribution in [3.05, 3.63) is 30.0 Å². The molecule has 0 radical (unpaired) electrons. The molecule has 2 heterocycles. The van der Waals surface area contributed by atoms with Gasteiger partial charge in [-0.05, 0) is 23.6 Å². The first-order valence-electron chi connectivity index (χ1n) is 5.80. The number of hydrogen-bond donors (Lipinski definition) is 0. The molecule has 3 rings (SSSR count). The fraction of sp³-hybridized carbons (Fsp3) is 0.462. The largest absolute Gasteiger partial charge is 0.377 e. The van der Waals surface area contributed by atoms with Crippen molar-refractivity contribution < 1.29 is 4.74 Å². The quantitative estimate of drug-likeness (QED) is 0.771. The lowest BCUT2D eigenvalue weighted by Gasteiger charge is -2.26. The first-order chi connectivity index (χ1) is 7.75. The smallest absolute Gasteiger partial charge is 0.0992 e. The lowest BCUT2D eigenvalue weighted by molar-refractivity contribution is -0.0266. The van der Waals surface area contributed by atoms with Gasteiger partial charge in [-0.3, -0.25) is 4.68 Å². The Balaban J connectivity index is 2.07. The molecular formula is C13H16N2O. The fourth-order valence-electron chi connectivity index (χ4n) is 2.09. The predicted octanol–water partition coefficient (Wildman–Crippen LogP) is 2.73. The first kappa shape index (κ1) is 9.85. The number of fused-ring (bicyclic) bond motifs is 1. The molecule has 0 bridgehead atoms. The summed E-state index contributed by atoms with van der Waals surface area (Å²) in [5, 5.41) is 5.69. The van der Waals surface area contributed by atoms with Crippen LogP contribution in [-0.4, -0.2) is 23.0 Å². The monoisotopic (exact) mass is 216 g/mol. The highest BCUT2D eigenvalue weighted by Gasteiger charge is 2.22. The zero-order chi connectivity index (χ0) is 11.1. The molecule has 1 fully saturated rings. The van der Waals surface area contributed by atoms with Crippen molar-refractivity contribution in [1.29, 1.82) is 0 Å². The number of benzene rings is 1. The van der Waals surface area contributed by atoms with E-state index in [0.29, 0.717) is 12.0 Å². The van der Waals surface area contributed by atoms with E-state index in [0.717, 1.165) is 13.2 Å². The molecule has 0 aliphatic carbocycles. The zero-order valence-electron chi connectivity index (χ0n) is 9.68. The van der Waals surface area contributed by atoms with Crippen molar-refractivity contribution in [3.8, 4) is 0 Å². The van der Waals surface area contributed by atoms with Crippen molar-refractivity contribution >= 4 is 10.9 Å². The minimum absolute atomic E-state index is 0.433. The van der Waals surface area contributed by atoms with Gasteiger partial charge in [-0.25, -0.2) is 0 Å². The molecule has 1 aromatic carbocycles. The van der Waals surface area contributed by atoms with Crippen LogP contribution in [-0.2, 0) is 4.74 Å². The van der Waals surface area contributed by atoms with Gasteiger partial charge in [0, 0.05) is 5.39 Å². The van der Waals surface area contributed by atoms with E-state index in [1.807, 2.05) is 6.20 Å². The number of ether oxygens (including phenoxy) is 1. The molecule has 1 saturated heterocycles. The Hall–Kier alpha value is -1.35. The van der Waals surface area contributed by atoms with E-state index in [9.17, 15) is 0 Å². The summed E-state index contributed by atoms with van der Waals surface area (Å²) in [5.74, 6) is 0.569. The zero-order valence-corrected chi connectivity index (χ0v) is 9.68. The van der Waals surface area contributed by atoms with E-state index < -0.39 is 0 Å². The molecule has 0 unspecified atom stereocenters. The van der Waals surface area contributed by atoms with Crippen LogP contribution in [0, 0.1) is 0 Å². The maximum Gasteiger partial charge on any atom is 0.0992 e. The van der Waals surface area contributed by atoms with E-state index in [1.165, 1.54) is 16.5 Å². The van der Waals surface area contributed by atoms with Gasteiger partial charge in [0.1, 0.15) is 0 Å². The molecule has 0 N–H and O–H groups in total. The van der Waals surface area contributed by atoms with Gasteiger partial charge in [0.15, 0.2) is 0 Å². The molecule has 1 aliphatic rings. The number of hydrogen-bond acceptors (Lipinski definition) is 2. The summed E-state index contributed by atoms with van der Waals surface area (Å²) >= 11 is 0. The van der Waals surface area contributed by atoms with E-state index in [4.69, 9.17) is 4.74 Å². The highest BCUT2D eigenvalue weighted by Crippen LogP contribution is 2.25. The van der Waals surface area contributed by atoms with Crippen LogP contribution >= 0.6 is 0 Å². The summed E-state index contributed by atoms with van der Waals surface area (Å²) in [7, 11) is 0. The van der Waals surface area contributed by atoms with Crippen LogP contribution in [0.15, 0.2) is 24.4 Å². The molecule has 84 valence electrons. The second-order valence-electron chi connectivity index (χ2n) is 4.75. The Kier molecular flexibility index (Phi) is 2.21. The van der Waals surface area contributed by atoms with Crippen molar-refractivity contribution in [3.63, 3.8) is 0 Å². The molecule has 3 heteroatoms. The molecule has 1 aromatic heterocycles.